The fourth-order valence-electron chi connectivity index (χ4n) is 3.94. The summed E-state index contributed by atoms with van der Waals surface area (Å²) in [5, 5.41) is 18.3. The van der Waals surface area contributed by atoms with Crippen LogP contribution in [0, 0.1) is 0 Å². The molecule has 5 rings (SSSR count). The number of aliphatic carboxylic acids is 2. The minimum Gasteiger partial charge on any atom is -0.494 e. The maximum atomic E-state index is 11.5. The smallest absolute Gasteiger partial charge is 0.346 e. The van der Waals surface area contributed by atoms with Crippen molar-refractivity contribution < 1.29 is 29.3 Å². The Morgan fingerprint density at radius 3 is 2.17 bits per heavy atom. The maximum Gasteiger partial charge on any atom is 0.346 e. The number of rotatable bonds is 9. The third-order valence-electron chi connectivity index (χ3n) is 5.95. The van der Waals surface area contributed by atoms with Crippen LogP contribution in [0.3, 0.4) is 0 Å². The van der Waals surface area contributed by atoms with Crippen molar-refractivity contribution in [1.82, 2.24) is 0 Å². The number of anilines is 1. The van der Waals surface area contributed by atoms with E-state index in [9.17, 15) is 14.7 Å². The van der Waals surface area contributed by atoms with Crippen molar-refractivity contribution in [2.75, 3.05) is 24.6 Å². The van der Waals surface area contributed by atoms with E-state index in [-0.39, 0.29) is 13.0 Å². The van der Waals surface area contributed by atoms with E-state index in [4.69, 9.17) is 14.6 Å². The van der Waals surface area contributed by atoms with E-state index in [1.165, 1.54) is 11.1 Å². The second kappa shape index (κ2) is 11.4. The van der Waals surface area contributed by atoms with Crippen molar-refractivity contribution in [3.63, 3.8) is 0 Å². The van der Waals surface area contributed by atoms with E-state index in [1.807, 2.05) is 60.4 Å². The van der Waals surface area contributed by atoms with E-state index in [0.29, 0.717) is 25.3 Å². The zero-order chi connectivity index (χ0) is 25.5. The first-order valence-electron chi connectivity index (χ1n) is 11.9. The van der Waals surface area contributed by atoms with Gasteiger partial charge in [0.15, 0.2) is 0 Å². The monoisotopic (exact) mass is 487 g/mol. The van der Waals surface area contributed by atoms with E-state index >= 15 is 0 Å². The lowest BCUT2D eigenvalue weighted by molar-refractivity contribution is -0.145. The minimum atomic E-state index is -1.04. The van der Waals surface area contributed by atoms with Crippen LogP contribution in [0.2, 0.25) is 0 Å². The van der Waals surface area contributed by atoms with Gasteiger partial charge in [-0.3, -0.25) is 4.79 Å². The highest BCUT2D eigenvalue weighted by molar-refractivity contribution is 5.78. The van der Waals surface area contributed by atoms with Crippen molar-refractivity contribution in [3.05, 3.63) is 77.9 Å². The number of benzene rings is 3. The van der Waals surface area contributed by atoms with E-state index in [0.717, 1.165) is 22.6 Å². The number of fused-ring (bicyclic) bond motifs is 2. The van der Waals surface area contributed by atoms with Crippen molar-refractivity contribution >= 4 is 29.8 Å². The quantitative estimate of drug-likeness (QED) is 0.304. The van der Waals surface area contributed by atoms with Gasteiger partial charge in [-0.1, -0.05) is 54.6 Å². The second-order valence-electron chi connectivity index (χ2n) is 8.53. The molecule has 0 radical (unpaired) electrons. The molecule has 2 aliphatic carbocycles. The number of hydrogen-bond acceptors (Lipinski definition) is 5. The molecule has 1 atom stereocenters. The molecule has 2 N–H and O–H groups in total. The highest BCUT2D eigenvalue weighted by Crippen LogP contribution is 2.35. The van der Waals surface area contributed by atoms with Gasteiger partial charge in [0, 0.05) is 13.0 Å². The molecule has 3 aliphatic rings. The van der Waals surface area contributed by atoms with Gasteiger partial charge in [0.05, 0.1) is 18.8 Å². The SMILES string of the molecule is CCOc1ccc(C=Cc2ccc3c(c2)OC(C(=O)O)CN3CCCC(=O)O)cc1.c1cc2ccc1-2. The summed E-state index contributed by atoms with van der Waals surface area (Å²) in [6, 6.07) is 21.8. The van der Waals surface area contributed by atoms with Gasteiger partial charge in [-0.25, -0.2) is 4.79 Å². The molecule has 186 valence electrons. The van der Waals surface area contributed by atoms with Crippen LogP contribution in [0.1, 0.15) is 30.9 Å². The lowest BCUT2D eigenvalue weighted by Gasteiger charge is -2.34. The van der Waals surface area contributed by atoms with Crippen LogP contribution in [-0.2, 0) is 9.59 Å². The van der Waals surface area contributed by atoms with Crippen molar-refractivity contribution in [1.29, 1.82) is 0 Å². The van der Waals surface area contributed by atoms with Gasteiger partial charge in [-0.15, -0.1) is 0 Å². The molecule has 2 aromatic carbocycles. The highest BCUT2D eigenvalue weighted by atomic mass is 16.5. The summed E-state index contributed by atoms with van der Waals surface area (Å²) in [4.78, 5) is 24.2. The van der Waals surface area contributed by atoms with Gasteiger partial charge in [0.25, 0.3) is 0 Å². The van der Waals surface area contributed by atoms with Gasteiger partial charge in [-0.2, -0.15) is 0 Å². The molecular formula is C29H29NO6. The number of carboxylic acids is 2. The van der Waals surface area contributed by atoms with Gasteiger partial charge >= 0.3 is 11.9 Å². The molecule has 0 aromatic heterocycles. The highest BCUT2D eigenvalue weighted by Gasteiger charge is 2.30. The molecule has 1 unspecified atom stereocenters. The van der Waals surface area contributed by atoms with E-state index in [1.54, 1.807) is 6.07 Å². The van der Waals surface area contributed by atoms with Crippen molar-refractivity contribution in [2.24, 2.45) is 0 Å². The molecule has 7 heteroatoms. The fourth-order valence-corrected chi connectivity index (χ4v) is 3.94. The summed E-state index contributed by atoms with van der Waals surface area (Å²) < 4.78 is 11.1. The molecule has 7 nitrogen and oxygen atoms in total. The predicted molar refractivity (Wildman–Crippen MR) is 140 cm³/mol. The topological polar surface area (TPSA) is 96.3 Å². The molecule has 2 aromatic rings. The number of nitrogens with zero attached hydrogens (tertiary/aromatic N) is 1. The first-order valence-corrected chi connectivity index (χ1v) is 11.9. The minimum absolute atomic E-state index is 0.0351. The van der Waals surface area contributed by atoms with Crippen LogP contribution in [-0.4, -0.2) is 48.0 Å². The molecule has 1 aliphatic heterocycles. The van der Waals surface area contributed by atoms with Gasteiger partial charge in [0.1, 0.15) is 11.5 Å². The zero-order valence-electron chi connectivity index (χ0n) is 20.1. The molecule has 1 heterocycles. The van der Waals surface area contributed by atoms with Crippen molar-refractivity contribution in [3.8, 4) is 22.6 Å². The maximum absolute atomic E-state index is 11.5. The Kier molecular flexibility index (Phi) is 7.90. The molecule has 0 amide bonds. The first-order chi connectivity index (χ1) is 17.4. The Labute approximate surface area is 210 Å². The molecule has 0 spiro atoms. The van der Waals surface area contributed by atoms with Crippen LogP contribution >= 0.6 is 0 Å². The van der Waals surface area contributed by atoms with Crippen LogP contribution in [0.5, 0.6) is 11.5 Å². The Morgan fingerprint density at radius 1 is 0.972 bits per heavy atom. The van der Waals surface area contributed by atoms with Crippen LogP contribution in [0.25, 0.3) is 23.3 Å². The predicted octanol–water partition coefficient (Wildman–Crippen LogP) is 5.44. The molecule has 36 heavy (non-hydrogen) atoms. The zero-order valence-corrected chi connectivity index (χ0v) is 20.1. The lowest BCUT2D eigenvalue weighted by atomic mass is 9.95. The summed E-state index contributed by atoms with van der Waals surface area (Å²) in [6.45, 7) is 3.19. The van der Waals surface area contributed by atoms with Crippen LogP contribution < -0.4 is 14.4 Å². The summed E-state index contributed by atoms with van der Waals surface area (Å²) in [7, 11) is 0. The fraction of sp³-hybridized carbons (Fsp3) is 0.241. The number of carboxylic acid groups (broad SMARTS) is 2. The van der Waals surface area contributed by atoms with Gasteiger partial charge in [0.2, 0.25) is 6.10 Å². The lowest BCUT2D eigenvalue weighted by Crippen LogP contribution is -2.44. The summed E-state index contributed by atoms with van der Waals surface area (Å²) in [6.07, 6.45) is 3.36. The average molecular weight is 488 g/mol. The molecule has 0 saturated carbocycles. The Balaban J connectivity index is 0.000000434. The summed E-state index contributed by atoms with van der Waals surface area (Å²) >= 11 is 0. The number of hydrogen-bond donors (Lipinski definition) is 2. The van der Waals surface area contributed by atoms with E-state index in [2.05, 4.69) is 24.3 Å². The Hall–Kier alpha value is -4.26. The number of ether oxygens (including phenoxy) is 2. The molecule has 0 fully saturated rings. The van der Waals surface area contributed by atoms with E-state index < -0.39 is 18.0 Å². The van der Waals surface area contributed by atoms with Gasteiger partial charge < -0.3 is 24.6 Å². The van der Waals surface area contributed by atoms with Crippen LogP contribution in [0.15, 0.2) is 66.7 Å². The second-order valence-corrected chi connectivity index (χ2v) is 8.53. The summed E-state index contributed by atoms with van der Waals surface area (Å²) in [5.74, 6) is -0.607. The normalized spacial score (nSPS) is 14.8. The van der Waals surface area contributed by atoms with Crippen molar-refractivity contribution in [2.45, 2.75) is 25.9 Å². The van der Waals surface area contributed by atoms with Crippen LogP contribution in [0.4, 0.5) is 5.69 Å². The Bertz CT molecular complexity index is 1210. The number of carbonyl (C=O) groups is 2. The molecule has 0 bridgehead atoms. The molecular weight excluding hydrogens is 458 g/mol. The van der Waals surface area contributed by atoms with Gasteiger partial charge in [-0.05, 0) is 59.9 Å². The average Bonchev–Trinajstić information content (AvgIpc) is 2.85. The largest absolute Gasteiger partial charge is 0.494 e. The first kappa shape index (κ1) is 24.9. The third kappa shape index (κ3) is 6.24. The Morgan fingerprint density at radius 2 is 1.61 bits per heavy atom. The summed E-state index contributed by atoms with van der Waals surface area (Å²) in [5.41, 5.74) is 5.51. The third-order valence-corrected chi connectivity index (χ3v) is 5.95. The molecule has 0 saturated heterocycles. The standard InChI is InChI=1S/C23H25NO6.C6H4/c1-2-29-18-10-7-16(8-11-18)5-6-17-9-12-19-20(14-17)30-21(23(27)28)15-24(19)13-3-4-22(25)26;1-2-6-4-3-5(1)6/h5-12,14,21H,2-4,13,15H2,1H3,(H,25,26)(H,27,28);1-4H.